The number of rotatable bonds is 5. The van der Waals surface area contributed by atoms with Gasteiger partial charge < -0.3 is 9.80 Å². The topological polar surface area (TPSA) is 35.6 Å². The van der Waals surface area contributed by atoms with Gasteiger partial charge in [-0.05, 0) is 52.0 Å². The van der Waals surface area contributed by atoms with E-state index in [1.165, 1.54) is 16.7 Å². The quantitative estimate of drug-likeness (QED) is 0.888. The zero-order valence-corrected chi connectivity index (χ0v) is 12.9. The van der Waals surface area contributed by atoms with E-state index < -0.39 is 0 Å². The van der Waals surface area contributed by atoms with E-state index in [-0.39, 0.29) is 12.1 Å². The summed E-state index contributed by atoms with van der Waals surface area (Å²) in [5.41, 5.74) is 3.72. The van der Waals surface area contributed by atoms with Gasteiger partial charge in [-0.25, -0.2) is 0 Å². The minimum Gasteiger partial charge on any atom is -0.322 e. The lowest BCUT2D eigenvalue weighted by Crippen LogP contribution is -2.33. The first-order chi connectivity index (χ1) is 9.49. The van der Waals surface area contributed by atoms with Crippen LogP contribution in [0.1, 0.15) is 29.3 Å². The van der Waals surface area contributed by atoms with Crippen LogP contribution < -0.4 is 5.32 Å². The molecule has 1 saturated heterocycles. The van der Waals surface area contributed by atoms with Crippen LogP contribution in [-0.4, -0.2) is 49.4 Å². The van der Waals surface area contributed by atoms with E-state index in [0.717, 1.165) is 19.5 Å². The van der Waals surface area contributed by atoms with Crippen molar-refractivity contribution in [3.8, 4) is 0 Å². The van der Waals surface area contributed by atoms with E-state index in [9.17, 15) is 4.79 Å². The van der Waals surface area contributed by atoms with Crippen LogP contribution in [0.3, 0.4) is 0 Å². The Balaban J connectivity index is 2.11. The summed E-state index contributed by atoms with van der Waals surface area (Å²) < 4.78 is 0. The monoisotopic (exact) mass is 275 g/mol. The van der Waals surface area contributed by atoms with Crippen molar-refractivity contribution in [3.63, 3.8) is 0 Å². The first-order valence-corrected chi connectivity index (χ1v) is 7.24. The summed E-state index contributed by atoms with van der Waals surface area (Å²) in [6, 6.07) is 6.43. The molecule has 20 heavy (non-hydrogen) atoms. The highest BCUT2D eigenvalue weighted by atomic mass is 16.2. The highest BCUT2D eigenvalue weighted by Crippen LogP contribution is 2.26. The minimum absolute atomic E-state index is 0.0327. The first-order valence-electron chi connectivity index (χ1n) is 7.24. The maximum Gasteiger partial charge on any atom is 0.238 e. The molecule has 0 aliphatic carbocycles. The van der Waals surface area contributed by atoms with Crippen LogP contribution in [0.5, 0.6) is 0 Å². The highest BCUT2D eigenvalue weighted by molar-refractivity contribution is 5.81. The molecule has 1 aromatic carbocycles. The number of amides is 1. The summed E-state index contributed by atoms with van der Waals surface area (Å²) in [5, 5.41) is 3.33. The highest BCUT2D eigenvalue weighted by Gasteiger charge is 2.31. The van der Waals surface area contributed by atoms with Crippen LogP contribution >= 0.6 is 0 Å². The Bertz CT molecular complexity index is 485. The number of hydrogen-bond donors (Lipinski definition) is 1. The van der Waals surface area contributed by atoms with Crippen molar-refractivity contribution in [1.82, 2.24) is 15.1 Å². The maximum absolute atomic E-state index is 12.1. The van der Waals surface area contributed by atoms with E-state index >= 15 is 0 Å². The Hall–Kier alpha value is -1.39. The number of hydrogen-bond acceptors (Lipinski definition) is 3. The van der Waals surface area contributed by atoms with Crippen LogP contribution in [0, 0.1) is 13.8 Å². The molecule has 2 rings (SSSR count). The molecule has 0 saturated carbocycles. The average molecular weight is 275 g/mol. The molecule has 1 N–H and O–H groups in total. The van der Waals surface area contributed by atoms with Crippen molar-refractivity contribution in [2.45, 2.75) is 26.4 Å². The largest absolute Gasteiger partial charge is 0.322 e. The summed E-state index contributed by atoms with van der Waals surface area (Å²) in [6.45, 7) is 6.47. The molecular weight excluding hydrogens is 250 g/mol. The van der Waals surface area contributed by atoms with Crippen LogP contribution in [0.25, 0.3) is 0 Å². The molecule has 4 nitrogen and oxygen atoms in total. The lowest BCUT2D eigenvalue weighted by atomic mass is 10.0. The van der Waals surface area contributed by atoms with Crippen molar-refractivity contribution >= 4 is 5.91 Å². The number of carbonyl (C=O) groups excluding carboxylic acids is 1. The van der Waals surface area contributed by atoms with Gasteiger partial charge in [0.25, 0.3) is 0 Å². The van der Waals surface area contributed by atoms with Gasteiger partial charge in [0.2, 0.25) is 5.91 Å². The first kappa shape index (κ1) is 15.0. The van der Waals surface area contributed by atoms with E-state index in [2.05, 4.69) is 56.4 Å². The van der Waals surface area contributed by atoms with E-state index in [0.29, 0.717) is 6.54 Å². The summed E-state index contributed by atoms with van der Waals surface area (Å²) in [6.07, 6.45) is 1.03. The molecule has 1 fully saturated rings. The molecule has 1 aliphatic heterocycles. The zero-order valence-electron chi connectivity index (χ0n) is 12.9. The van der Waals surface area contributed by atoms with Gasteiger partial charge in [-0.3, -0.25) is 10.1 Å². The van der Waals surface area contributed by atoms with Gasteiger partial charge in [0.15, 0.2) is 0 Å². The lowest BCUT2D eigenvalue weighted by molar-refractivity contribution is -0.128. The molecule has 110 valence electrons. The van der Waals surface area contributed by atoms with Gasteiger partial charge in [-0.2, -0.15) is 0 Å². The number of aryl methyl sites for hydroxylation is 2. The molecule has 1 heterocycles. The average Bonchev–Trinajstić information content (AvgIpc) is 2.71. The number of benzene rings is 1. The molecule has 1 aliphatic rings. The molecule has 1 atom stereocenters. The number of carbonyl (C=O) groups is 1. The third kappa shape index (κ3) is 3.38. The summed E-state index contributed by atoms with van der Waals surface area (Å²) in [5.74, 6) is 0.203. The lowest BCUT2D eigenvalue weighted by Gasteiger charge is -2.26. The van der Waals surface area contributed by atoms with Gasteiger partial charge in [0, 0.05) is 6.54 Å². The van der Waals surface area contributed by atoms with E-state index in [4.69, 9.17) is 0 Å². The van der Waals surface area contributed by atoms with Gasteiger partial charge in [-0.1, -0.05) is 23.8 Å². The second-order valence-corrected chi connectivity index (χ2v) is 5.89. The van der Waals surface area contributed by atoms with Crippen molar-refractivity contribution in [2.75, 3.05) is 33.7 Å². The molecule has 1 unspecified atom stereocenters. The molecule has 0 aromatic heterocycles. The standard InChI is InChI=1S/C16H25N3O/c1-12-6-7-14(13(2)10-12)16-17-11-15(20)19(16)9-5-8-18(3)4/h6-7,10,16-17H,5,8-9,11H2,1-4H3. The Morgan fingerprint density at radius 2 is 2.10 bits per heavy atom. The van der Waals surface area contributed by atoms with Gasteiger partial charge in [0.05, 0.1) is 6.54 Å². The third-order valence-electron chi connectivity index (χ3n) is 3.80. The van der Waals surface area contributed by atoms with Crippen molar-refractivity contribution < 1.29 is 4.79 Å². The molecule has 1 aromatic rings. The Labute approximate surface area is 121 Å². The smallest absolute Gasteiger partial charge is 0.238 e. The summed E-state index contributed by atoms with van der Waals surface area (Å²) >= 11 is 0. The molecule has 0 bridgehead atoms. The van der Waals surface area contributed by atoms with E-state index in [1.807, 2.05) is 4.90 Å². The fourth-order valence-electron chi connectivity index (χ4n) is 2.76. The van der Waals surface area contributed by atoms with Crippen LogP contribution in [0.15, 0.2) is 18.2 Å². The Kier molecular flexibility index (Phi) is 4.78. The predicted molar refractivity (Wildman–Crippen MR) is 81.5 cm³/mol. The zero-order chi connectivity index (χ0) is 14.7. The van der Waals surface area contributed by atoms with Crippen molar-refractivity contribution in [2.24, 2.45) is 0 Å². The predicted octanol–water partition coefficient (Wildman–Crippen LogP) is 1.69. The maximum atomic E-state index is 12.1. The fraction of sp³-hybridized carbons (Fsp3) is 0.562. The van der Waals surface area contributed by atoms with Crippen LogP contribution in [0.2, 0.25) is 0 Å². The molecule has 0 radical (unpaired) electrons. The van der Waals surface area contributed by atoms with Crippen LogP contribution in [-0.2, 0) is 4.79 Å². The molecule has 4 heteroatoms. The normalized spacial score (nSPS) is 19.1. The van der Waals surface area contributed by atoms with Crippen molar-refractivity contribution in [3.05, 3.63) is 34.9 Å². The Morgan fingerprint density at radius 1 is 1.35 bits per heavy atom. The SMILES string of the molecule is Cc1ccc(C2NCC(=O)N2CCCN(C)C)c(C)c1. The third-order valence-corrected chi connectivity index (χ3v) is 3.80. The van der Waals surface area contributed by atoms with Crippen LogP contribution in [0.4, 0.5) is 0 Å². The second-order valence-electron chi connectivity index (χ2n) is 5.89. The van der Waals surface area contributed by atoms with Gasteiger partial charge >= 0.3 is 0 Å². The summed E-state index contributed by atoms with van der Waals surface area (Å²) in [7, 11) is 4.12. The van der Waals surface area contributed by atoms with Gasteiger partial charge in [0.1, 0.15) is 6.17 Å². The minimum atomic E-state index is 0.0327. The van der Waals surface area contributed by atoms with E-state index in [1.54, 1.807) is 0 Å². The molecular formula is C16H25N3O. The van der Waals surface area contributed by atoms with Crippen molar-refractivity contribution in [1.29, 1.82) is 0 Å². The number of nitrogens with zero attached hydrogens (tertiary/aromatic N) is 2. The molecule has 0 spiro atoms. The number of nitrogens with one attached hydrogen (secondary N) is 1. The second kappa shape index (κ2) is 6.37. The molecule has 1 amide bonds. The fourth-order valence-corrected chi connectivity index (χ4v) is 2.76. The Morgan fingerprint density at radius 3 is 2.75 bits per heavy atom. The van der Waals surface area contributed by atoms with Gasteiger partial charge in [-0.15, -0.1) is 0 Å². The summed E-state index contributed by atoms with van der Waals surface area (Å²) in [4.78, 5) is 16.2.